The molecule has 0 spiro atoms. The number of hydrogen-bond donors (Lipinski definition) is 1. The van der Waals surface area contributed by atoms with E-state index in [0.29, 0.717) is 12.6 Å². The van der Waals surface area contributed by atoms with Crippen LogP contribution in [0.25, 0.3) is 0 Å². The van der Waals surface area contributed by atoms with E-state index >= 15 is 0 Å². The minimum Gasteiger partial charge on any atom is -0.313 e. The Hall–Kier alpha value is 0.0600. The molecule has 0 saturated carbocycles. The first kappa shape index (κ1) is 15.1. The van der Waals surface area contributed by atoms with Gasteiger partial charge >= 0.3 is 5.51 Å². The highest BCUT2D eigenvalue weighted by Gasteiger charge is 2.28. The maximum Gasteiger partial charge on any atom is 0.441 e. The molecule has 1 fully saturated rings. The molecular formula is C11H21F3N2S. The third-order valence-corrected chi connectivity index (χ3v) is 3.59. The molecule has 102 valence electrons. The molecule has 1 atom stereocenters. The molecule has 1 aliphatic heterocycles. The van der Waals surface area contributed by atoms with E-state index in [4.69, 9.17) is 0 Å². The summed E-state index contributed by atoms with van der Waals surface area (Å²) in [4.78, 5) is 2.15. The van der Waals surface area contributed by atoms with E-state index < -0.39 is 5.51 Å². The van der Waals surface area contributed by atoms with Crippen molar-refractivity contribution < 1.29 is 13.2 Å². The van der Waals surface area contributed by atoms with Gasteiger partial charge in [0, 0.05) is 24.9 Å². The summed E-state index contributed by atoms with van der Waals surface area (Å²) in [5.74, 6) is 0.141. The lowest BCUT2D eigenvalue weighted by Gasteiger charge is -2.24. The van der Waals surface area contributed by atoms with Crippen molar-refractivity contribution >= 4 is 11.8 Å². The van der Waals surface area contributed by atoms with Crippen LogP contribution in [0.1, 0.15) is 26.2 Å². The molecule has 1 rings (SSSR count). The zero-order chi connectivity index (χ0) is 12.7. The molecule has 1 heterocycles. The van der Waals surface area contributed by atoms with Crippen molar-refractivity contribution in [2.24, 2.45) is 0 Å². The van der Waals surface area contributed by atoms with E-state index in [9.17, 15) is 13.2 Å². The third kappa shape index (κ3) is 7.16. The number of thioether (sulfide) groups is 1. The lowest BCUT2D eigenvalue weighted by Crippen LogP contribution is -2.38. The smallest absolute Gasteiger partial charge is 0.313 e. The van der Waals surface area contributed by atoms with Gasteiger partial charge in [0.1, 0.15) is 0 Å². The van der Waals surface area contributed by atoms with Crippen molar-refractivity contribution in [1.29, 1.82) is 0 Å². The largest absolute Gasteiger partial charge is 0.441 e. The summed E-state index contributed by atoms with van der Waals surface area (Å²) in [5.41, 5.74) is -4.09. The monoisotopic (exact) mass is 270 g/mol. The van der Waals surface area contributed by atoms with E-state index in [2.05, 4.69) is 17.1 Å². The topological polar surface area (TPSA) is 15.3 Å². The van der Waals surface area contributed by atoms with Crippen LogP contribution >= 0.6 is 11.8 Å². The second-order valence-electron chi connectivity index (χ2n) is 4.39. The van der Waals surface area contributed by atoms with E-state index in [0.717, 1.165) is 38.9 Å². The molecule has 1 saturated heterocycles. The summed E-state index contributed by atoms with van der Waals surface area (Å²) in [6.07, 6.45) is 3.24. The fourth-order valence-electron chi connectivity index (χ4n) is 2.11. The van der Waals surface area contributed by atoms with Gasteiger partial charge in [-0.15, -0.1) is 0 Å². The second-order valence-corrected chi connectivity index (χ2v) is 5.55. The molecule has 2 nitrogen and oxygen atoms in total. The normalized spacial score (nSPS) is 23.6. The van der Waals surface area contributed by atoms with Gasteiger partial charge in [-0.3, -0.25) is 0 Å². The molecule has 0 aromatic carbocycles. The fourth-order valence-corrected chi connectivity index (χ4v) is 2.69. The lowest BCUT2D eigenvalue weighted by atomic mass is 10.1. The van der Waals surface area contributed by atoms with Gasteiger partial charge in [0.2, 0.25) is 0 Å². The molecule has 0 aromatic heterocycles. The van der Waals surface area contributed by atoms with Crippen molar-refractivity contribution in [3.8, 4) is 0 Å². The minimum atomic E-state index is -4.09. The Morgan fingerprint density at radius 3 is 2.82 bits per heavy atom. The molecule has 0 bridgehead atoms. The Morgan fingerprint density at radius 2 is 2.18 bits per heavy atom. The summed E-state index contributed by atoms with van der Waals surface area (Å²) in [6.45, 7) is 5.44. The first-order valence-electron chi connectivity index (χ1n) is 6.17. The highest BCUT2D eigenvalue weighted by molar-refractivity contribution is 8.00. The first-order chi connectivity index (χ1) is 8.01. The molecule has 0 amide bonds. The van der Waals surface area contributed by atoms with Crippen molar-refractivity contribution in [3.05, 3.63) is 0 Å². The molecule has 17 heavy (non-hydrogen) atoms. The van der Waals surface area contributed by atoms with Gasteiger partial charge in [-0.25, -0.2) is 0 Å². The highest BCUT2D eigenvalue weighted by Crippen LogP contribution is 2.29. The Balaban J connectivity index is 2.26. The average Bonchev–Trinajstić information content (AvgIpc) is 2.42. The first-order valence-corrected chi connectivity index (χ1v) is 7.16. The van der Waals surface area contributed by atoms with E-state index in [1.54, 1.807) is 0 Å². The molecule has 6 heteroatoms. The van der Waals surface area contributed by atoms with Gasteiger partial charge in [-0.1, -0.05) is 13.3 Å². The minimum absolute atomic E-state index is 0.0865. The fraction of sp³-hybridized carbons (Fsp3) is 1.00. The SMILES string of the molecule is CCCC1CN(CCSC(F)(F)F)CCCN1. The van der Waals surface area contributed by atoms with Crippen LogP contribution in [-0.4, -0.2) is 48.4 Å². The molecule has 1 unspecified atom stereocenters. The third-order valence-electron chi connectivity index (χ3n) is 2.87. The maximum atomic E-state index is 12.0. The lowest BCUT2D eigenvalue weighted by molar-refractivity contribution is -0.0328. The zero-order valence-corrected chi connectivity index (χ0v) is 11.0. The zero-order valence-electron chi connectivity index (χ0n) is 10.2. The van der Waals surface area contributed by atoms with Crippen molar-refractivity contribution in [2.75, 3.05) is 31.9 Å². The number of rotatable bonds is 5. The van der Waals surface area contributed by atoms with Gasteiger partial charge in [0.15, 0.2) is 0 Å². The molecule has 1 aliphatic rings. The molecule has 0 aromatic rings. The Morgan fingerprint density at radius 1 is 1.41 bits per heavy atom. The van der Waals surface area contributed by atoms with Gasteiger partial charge in [-0.2, -0.15) is 13.2 Å². The molecule has 0 aliphatic carbocycles. The van der Waals surface area contributed by atoms with Crippen LogP contribution in [0.15, 0.2) is 0 Å². The summed E-state index contributed by atoms with van der Waals surface area (Å²) in [7, 11) is 0. The summed E-state index contributed by atoms with van der Waals surface area (Å²) in [5, 5.41) is 3.45. The van der Waals surface area contributed by atoms with Gasteiger partial charge in [-0.05, 0) is 37.7 Å². The summed E-state index contributed by atoms with van der Waals surface area (Å²) < 4.78 is 36.1. The average molecular weight is 270 g/mol. The van der Waals surface area contributed by atoms with Crippen LogP contribution < -0.4 is 5.32 Å². The van der Waals surface area contributed by atoms with Gasteiger partial charge in [0.25, 0.3) is 0 Å². The molecule has 0 radical (unpaired) electrons. The van der Waals surface area contributed by atoms with Crippen molar-refractivity contribution in [2.45, 2.75) is 37.7 Å². The predicted octanol–water partition coefficient (Wildman–Crippen LogP) is 2.70. The number of halogens is 3. The Kier molecular flexibility index (Phi) is 6.66. The van der Waals surface area contributed by atoms with Crippen LogP contribution in [0, 0.1) is 0 Å². The van der Waals surface area contributed by atoms with Crippen LogP contribution in [0.3, 0.4) is 0 Å². The predicted molar refractivity (Wildman–Crippen MR) is 66.3 cm³/mol. The number of nitrogens with one attached hydrogen (secondary N) is 1. The van der Waals surface area contributed by atoms with E-state index in [-0.39, 0.29) is 17.5 Å². The number of nitrogens with zero attached hydrogens (tertiary/aromatic N) is 1. The van der Waals surface area contributed by atoms with Crippen LogP contribution in [0.2, 0.25) is 0 Å². The van der Waals surface area contributed by atoms with Gasteiger partial charge < -0.3 is 10.2 Å². The van der Waals surface area contributed by atoms with Crippen molar-refractivity contribution in [1.82, 2.24) is 10.2 Å². The molecular weight excluding hydrogens is 249 g/mol. The van der Waals surface area contributed by atoms with Crippen molar-refractivity contribution in [3.63, 3.8) is 0 Å². The maximum absolute atomic E-state index is 12.0. The number of hydrogen-bond acceptors (Lipinski definition) is 3. The highest BCUT2D eigenvalue weighted by atomic mass is 32.2. The quantitative estimate of drug-likeness (QED) is 0.827. The van der Waals surface area contributed by atoms with E-state index in [1.165, 1.54) is 0 Å². The van der Waals surface area contributed by atoms with E-state index in [1.807, 2.05) is 0 Å². The second kappa shape index (κ2) is 7.48. The number of alkyl halides is 3. The standard InChI is InChI=1S/C11H21F3N2S/c1-2-4-10-9-16(6-3-5-15-10)7-8-17-11(12,13)14/h10,15H,2-9H2,1H3. The Labute approximate surface area is 105 Å². The molecule has 1 N–H and O–H groups in total. The Bertz CT molecular complexity index is 211. The summed E-state index contributed by atoms with van der Waals surface area (Å²) in [6, 6.07) is 0.443. The van der Waals surface area contributed by atoms with Gasteiger partial charge in [0.05, 0.1) is 0 Å². The summed E-state index contributed by atoms with van der Waals surface area (Å²) >= 11 is 0.0865. The van der Waals surface area contributed by atoms with Crippen LogP contribution in [-0.2, 0) is 0 Å². The van der Waals surface area contributed by atoms with Crippen LogP contribution in [0.4, 0.5) is 13.2 Å². The van der Waals surface area contributed by atoms with Crippen LogP contribution in [0.5, 0.6) is 0 Å².